The molecule has 1 aromatic rings. The third-order valence-corrected chi connectivity index (χ3v) is 3.31. The van der Waals surface area contributed by atoms with Crippen LogP contribution in [0.4, 0.5) is 5.82 Å². The minimum Gasteiger partial charge on any atom is -0.360 e. The van der Waals surface area contributed by atoms with Crippen LogP contribution >= 0.6 is 11.8 Å². The van der Waals surface area contributed by atoms with Gasteiger partial charge in [0.1, 0.15) is 5.76 Å². The van der Waals surface area contributed by atoms with Gasteiger partial charge in [-0.15, -0.1) is 11.8 Å². The molecule has 0 aliphatic rings. The second kappa shape index (κ2) is 7.18. The number of nitrogens with zero attached hydrogens (tertiary/aromatic N) is 1. The third-order valence-electron chi connectivity index (χ3n) is 2.16. The molecular weight excluding hydrogens is 266 g/mol. The number of hydrogen-bond acceptors (Lipinski definition) is 5. The molecule has 0 aliphatic carbocycles. The van der Waals surface area contributed by atoms with Crippen molar-refractivity contribution in [2.24, 2.45) is 0 Å². The molecule has 0 saturated heterocycles. The topological polar surface area (TPSA) is 84.2 Å². The summed E-state index contributed by atoms with van der Waals surface area (Å²) >= 11 is 1.28. The summed E-state index contributed by atoms with van der Waals surface area (Å²) in [7, 11) is 0. The van der Waals surface area contributed by atoms with Crippen LogP contribution in [-0.2, 0) is 9.59 Å². The van der Waals surface area contributed by atoms with Crippen molar-refractivity contribution in [1.29, 1.82) is 0 Å². The van der Waals surface area contributed by atoms with Crippen LogP contribution in [-0.4, -0.2) is 34.0 Å². The zero-order chi connectivity index (χ0) is 14.4. The van der Waals surface area contributed by atoms with Crippen molar-refractivity contribution in [1.82, 2.24) is 10.5 Å². The van der Waals surface area contributed by atoms with Crippen molar-refractivity contribution in [3.63, 3.8) is 0 Å². The predicted octanol–water partition coefficient (Wildman–Crippen LogP) is 1.57. The average molecular weight is 285 g/mol. The van der Waals surface area contributed by atoms with Gasteiger partial charge in [-0.3, -0.25) is 9.59 Å². The number of aromatic nitrogens is 1. The lowest BCUT2D eigenvalue weighted by atomic mass is 10.4. The molecule has 19 heavy (non-hydrogen) atoms. The number of nitrogens with one attached hydrogen (secondary N) is 2. The number of carbonyl (C=O) groups is 2. The lowest BCUT2D eigenvalue weighted by molar-refractivity contribution is -0.119. The zero-order valence-electron chi connectivity index (χ0n) is 11.5. The lowest BCUT2D eigenvalue weighted by Gasteiger charge is -2.11. The highest BCUT2D eigenvalue weighted by Crippen LogP contribution is 2.14. The van der Waals surface area contributed by atoms with E-state index in [1.54, 1.807) is 19.9 Å². The number of hydrogen-bond donors (Lipinski definition) is 2. The molecule has 0 aromatic carbocycles. The van der Waals surface area contributed by atoms with E-state index in [0.717, 1.165) is 0 Å². The molecule has 1 unspecified atom stereocenters. The Bertz CT molecular complexity index is 445. The summed E-state index contributed by atoms with van der Waals surface area (Å²) in [6.45, 7) is 7.28. The Balaban J connectivity index is 2.34. The number of aryl methyl sites for hydroxylation is 1. The van der Waals surface area contributed by atoms with Crippen molar-refractivity contribution in [2.45, 2.75) is 39.0 Å². The van der Waals surface area contributed by atoms with Crippen molar-refractivity contribution < 1.29 is 14.1 Å². The first-order valence-electron chi connectivity index (χ1n) is 6.03. The monoisotopic (exact) mass is 285 g/mol. The summed E-state index contributed by atoms with van der Waals surface area (Å²) in [6.07, 6.45) is 0. The Morgan fingerprint density at radius 1 is 1.42 bits per heavy atom. The van der Waals surface area contributed by atoms with Crippen LogP contribution in [0, 0.1) is 6.92 Å². The van der Waals surface area contributed by atoms with Crippen LogP contribution < -0.4 is 10.6 Å². The van der Waals surface area contributed by atoms with Gasteiger partial charge in [-0.1, -0.05) is 5.16 Å². The maximum absolute atomic E-state index is 11.8. The van der Waals surface area contributed by atoms with E-state index in [4.69, 9.17) is 4.52 Å². The van der Waals surface area contributed by atoms with E-state index in [-0.39, 0.29) is 28.9 Å². The van der Waals surface area contributed by atoms with Crippen LogP contribution in [0.2, 0.25) is 0 Å². The molecule has 0 aliphatic heterocycles. The molecule has 1 aromatic heterocycles. The van der Waals surface area contributed by atoms with Crippen LogP contribution in [0.3, 0.4) is 0 Å². The number of carbonyl (C=O) groups excluding carboxylic acids is 2. The van der Waals surface area contributed by atoms with Crippen LogP contribution in [0.25, 0.3) is 0 Å². The van der Waals surface area contributed by atoms with Gasteiger partial charge >= 0.3 is 0 Å². The highest BCUT2D eigenvalue weighted by molar-refractivity contribution is 8.01. The summed E-state index contributed by atoms with van der Waals surface area (Å²) in [4.78, 5) is 23.3. The molecule has 2 N–H and O–H groups in total. The molecule has 0 radical (unpaired) electrons. The first-order valence-corrected chi connectivity index (χ1v) is 7.08. The summed E-state index contributed by atoms with van der Waals surface area (Å²) in [5, 5.41) is 8.74. The van der Waals surface area contributed by atoms with Crippen LogP contribution in [0.15, 0.2) is 10.6 Å². The molecule has 2 amide bonds. The first-order chi connectivity index (χ1) is 8.88. The quantitative estimate of drug-likeness (QED) is 0.828. The number of amides is 2. The van der Waals surface area contributed by atoms with Crippen LogP contribution in [0.5, 0.6) is 0 Å². The molecule has 1 rings (SSSR count). The fourth-order valence-corrected chi connectivity index (χ4v) is 1.99. The first kappa shape index (κ1) is 15.6. The molecular formula is C12H19N3O3S. The predicted molar refractivity (Wildman–Crippen MR) is 75.1 cm³/mol. The average Bonchev–Trinajstić information content (AvgIpc) is 2.70. The molecule has 0 bridgehead atoms. The Kier molecular flexibility index (Phi) is 5.88. The minimum absolute atomic E-state index is 0.0723. The van der Waals surface area contributed by atoms with Crippen molar-refractivity contribution in [3.05, 3.63) is 11.8 Å². The van der Waals surface area contributed by atoms with Gasteiger partial charge in [-0.05, 0) is 27.7 Å². The fraction of sp³-hybridized carbons (Fsp3) is 0.583. The van der Waals surface area contributed by atoms with Gasteiger partial charge in [-0.25, -0.2) is 0 Å². The Morgan fingerprint density at radius 2 is 2.11 bits per heavy atom. The molecule has 0 spiro atoms. The van der Waals surface area contributed by atoms with Gasteiger partial charge in [0, 0.05) is 12.1 Å². The summed E-state index contributed by atoms with van der Waals surface area (Å²) in [5.74, 6) is 1.01. The molecule has 0 saturated carbocycles. The maximum Gasteiger partial charge on any atom is 0.238 e. The Morgan fingerprint density at radius 3 is 2.63 bits per heavy atom. The highest BCUT2D eigenvalue weighted by Gasteiger charge is 2.16. The van der Waals surface area contributed by atoms with Crippen molar-refractivity contribution >= 4 is 29.4 Å². The minimum atomic E-state index is -0.338. The zero-order valence-corrected chi connectivity index (χ0v) is 12.3. The summed E-state index contributed by atoms with van der Waals surface area (Å²) in [5.41, 5.74) is 0. The molecule has 6 nitrogen and oxygen atoms in total. The Hall–Kier alpha value is -1.50. The van der Waals surface area contributed by atoms with E-state index in [1.807, 2.05) is 13.8 Å². The molecule has 0 fully saturated rings. The van der Waals surface area contributed by atoms with Gasteiger partial charge in [0.25, 0.3) is 0 Å². The largest absolute Gasteiger partial charge is 0.360 e. The molecule has 106 valence electrons. The normalized spacial score (nSPS) is 12.3. The van der Waals surface area contributed by atoms with E-state index < -0.39 is 0 Å². The van der Waals surface area contributed by atoms with Gasteiger partial charge in [0.2, 0.25) is 11.8 Å². The van der Waals surface area contributed by atoms with E-state index in [1.165, 1.54) is 11.8 Å². The second-order valence-electron chi connectivity index (χ2n) is 4.49. The fourth-order valence-electron chi connectivity index (χ4n) is 1.29. The molecule has 1 heterocycles. The Labute approximate surface area is 116 Å². The molecule has 7 heteroatoms. The number of thioether (sulfide) groups is 1. The highest BCUT2D eigenvalue weighted by atomic mass is 32.2. The van der Waals surface area contributed by atoms with Gasteiger partial charge in [-0.2, -0.15) is 0 Å². The lowest BCUT2D eigenvalue weighted by Crippen LogP contribution is -2.33. The van der Waals surface area contributed by atoms with Gasteiger partial charge in [0.05, 0.1) is 11.0 Å². The standard InChI is InChI=1S/C12H19N3O3S/c1-7(2)13-11(16)6-19-9(4)12(17)14-10-5-8(3)18-15-10/h5,7,9H,6H2,1-4H3,(H,13,16)(H,14,15,17). The van der Waals surface area contributed by atoms with E-state index in [2.05, 4.69) is 15.8 Å². The van der Waals surface area contributed by atoms with E-state index >= 15 is 0 Å². The SMILES string of the molecule is Cc1cc(NC(=O)C(C)SCC(=O)NC(C)C)no1. The van der Waals surface area contributed by atoms with E-state index in [9.17, 15) is 9.59 Å². The van der Waals surface area contributed by atoms with E-state index in [0.29, 0.717) is 11.6 Å². The number of rotatable bonds is 6. The van der Waals surface area contributed by atoms with Gasteiger partial charge < -0.3 is 15.2 Å². The van der Waals surface area contributed by atoms with Crippen molar-refractivity contribution in [3.8, 4) is 0 Å². The second-order valence-corrected chi connectivity index (χ2v) is 5.82. The summed E-state index contributed by atoms with van der Waals surface area (Å²) < 4.78 is 4.85. The smallest absolute Gasteiger partial charge is 0.238 e. The van der Waals surface area contributed by atoms with Gasteiger partial charge in [0.15, 0.2) is 5.82 Å². The third kappa shape index (κ3) is 5.78. The maximum atomic E-state index is 11.8. The van der Waals surface area contributed by atoms with Crippen LogP contribution in [0.1, 0.15) is 26.5 Å². The number of anilines is 1. The molecule has 1 atom stereocenters. The van der Waals surface area contributed by atoms with Crippen molar-refractivity contribution in [2.75, 3.05) is 11.1 Å². The summed E-state index contributed by atoms with van der Waals surface area (Å²) in [6, 6.07) is 1.75.